The van der Waals surface area contributed by atoms with Gasteiger partial charge in [-0.2, -0.15) is 0 Å². The second-order valence-electron chi connectivity index (χ2n) is 5.52. The molecule has 2 N–H and O–H groups in total. The summed E-state index contributed by atoms with van der Waals surface area (Å²) >= 11 is 0. The molecule has 0 bridgehead atoms. The Morgan fingerprint density at radius 1 is 1.11 bits per heavy atom. The molecule has 28 heavy (non-hydrogen) atoms. The molecule has 2 aromatic carbocycles. The molecule has 3 rings (SSSR count). The van der Waals surface area contributed by atoms with Gasteiger partial charge in [-0.15, -0.1) is 0 Å². The molecule has 0 spiro atoms. The quantitative estimate of drug-likeness (QED) is 0.588. The molecular formula is C19H15N3O5S. The molecule has 1 aromatic heterocycles. The van der Waals surface area contributed by atoms with Gasteiger partial charge in [0.2, 0.25) is 5.88 Å². The number of aromatic nitrogens is 2. The van der Waals surface area contributed by atoms with Crippen LogP contribution in [0.5, 0.6) is 11.6 Å². The van der Waals surface area contributed by atoms with Crippen molar-refractivity contribution in [1.29, 1.82) is 0 Å². The first kappa shape index (κ1) is 19.1. The number of carbonyl (C=O) groups is 1. The van der Waals surface area contributed by atoms with Crippen LogP contribution in [0.15, 0.2) is 78.1 Å². The van der Waals surface area contributed by atoms with Gasteiger partial charge in [-0.1, -0.05) is 18.2 Å². The summed E-state index contributed by atoms with van der Waals surface area (Å²) in [7, 11) is -3.82. The lowest BCUT2D eigenvalue weighted by molar-refractivity contribution is -0.131. The predicted octanol–water partition coefficient (Wildman–Crippen LogP) is 3.17. The van der Waals surface area contributed by atoms with Gasteiger partial charge < -0.3 is 9.84 Å². The van der Waals surface area contributed by atoms with Gasteiger partial charge in [0.05, 0.1) is 16.8 Å². The summed E-state index contributed by atoms with van der Waals surface area (Å²) in [5.74, 6) is -0.399. The maximum absolute atomic E-state index is 12.6. The molecule has 0 atom stereocenters. The average molecular weight is 397 g/mol. The molecular weight excluding hydrogens is 382 g/mol. The molecule has 1 heterocycles. The highest BCUT2D eigenvalue weighted by Crippen LogP contribution is 2.24. The maximum Gasteiger partial charge on any atom is 0.328 e. The van der Waals surface area contributed by atoms with Crippen LogP contribution >= 0.6 is 0 Å². The van der Waals surface area contributed by atoms with Crippen molar-refractivity contribution in [3.05, 3.63) is 78.8 Å². The summed E-state index contributed by atoms with van der Waals surface area (Å²) in [6, 6.07) is 12.2. The minimum absolute atomic E-state index is 0.0419. The zero-order valence-electron chi connectivity index (χ0n) is 14.4. The fraction of sp³-hybridized carbons (Fsp3) is 0. The number of hydrogen-bond donors (Lipinski definition) is 2. The predicted molar refractivity (Wildman–Crippen MR) is 102 cm³/mol. The molecule has 0 aliphatic carbocycles. The fourth-order valence-corrected chi connectivity index (χ4v) is 3.27. The van der Waals surface area contributed by atoms with E-state index >= 15 is 0 Å². The van der Waals surface area contributed by atoms with Crippen LogP contribution in [-0.2, 0) is 14.8 Å². The van der Waals surface area contributed by atoms with Crippen LogP contribution < -0.4 is 9.46 Å². The van der Waals surface area contributed by atoms with Gasteiger partial charge in [0.1, 0.15) is 5.75 Å². The first-order valence-electron chi connectivity index (χ1n) is 8.00. The number of rotatable bonds is 7. The van der Waals surface area contributed by atoms with E-state index < -0.39 is 16.0 Å². The van der Waals surface area contributed by atoms with E-state index in [0.29, 0.717) is 17.0 Å². The minimum Gasteiger partial charge on any atom is -0.478 e. The largest absolute Gasteiger partial charge is 0.478 e. The van der Waals surface area contributed by atoms with E-state index in [9.17, 15) is 13.2 Å². The number of hydrogen-bond acceptors (Lipinski definition) is 6. The number of carboxylic acid groups (broad SMARTS) is 1. The van der Waals surface area contributed by atoms with Crippen LogP contribution in [0, 0.1) is 0 Å². The third-order valence-corrected chi connectivity index (χ3v) is 4.85. The zero-order valence-corrected chi connectivity index (χ0v) is 15.2. The number of aliphatic carboxylic acids is 1. The lowest BCUT2D eigenvalue weighted by Crippen LogP contribution is -2.12. The van der Waals surface area contributed by atoms with E-state index in [1.54, 1.807) is 18.2 Å². The van der Waals surface area contributed by atoms with E-state index in [-0.39, 0.29) is 10.8 Å². The highest BCUT2D eigenvalue weighted by molar-refractivity contribution is 7.92. The Hall–Kier alpha value is -3.72. The molecule has 0 aliphatic heterocycles. The number of carboxylic acids is 1. The molecule has 0 fully saturated rings. The van der Waals surface area contributed by atoms with Crippen LogP contribution in [0.2, 0.25) is 0 Å². The van der Waals surface area contributed by atoms with Gasteiger partial charge in [-0.25, -0.2) is 18.2 Å². The van der Waals surface area contributed by atoms with E-state index in [4.69, 9.17) is 9.84 Å². The van der Waals surface area contributed by atoms with Crippen molar-refractivity contribution in [2.45, 2.75) is 4.90 Å². The van der Waals surface area contributed by atoms with Crippen LogP contribution in [0.4, 0.5) is 5.69 Å². The molecule has 0 aliphatic rings. The Kier molecular flexibility index (Phi) is 5.66. The molecule has 0 saturated heterocycles. The summed E-state index contributed by atoms with van der Waals surface area (Å²) in [4.78, 5) is 18.5. The summed E-state index contributed by atoms with van der Waals surface area (Å²) in [5, 5.41) is 8.63. The number of anilines is 1. The molecule has 9 heteroatoms. The van der Waals surface area contributed by atoms with Crippen molar-refractivity contribution in [2.75, 3.05) is 4.72 Å². The number of ether oxygens (including phenoxy) is 1. The van der Waals surface area contributed by atoms with Gasteiger partial charge in [-0.3, -0.25) is 9.71 Å². The van der Waals surface area contributed by atoms with Crippen molar-refractivity contribution < 1.29 is 23.1 Å². The topological polar surface area (TPSA) is 118 Å². The third kappa shape index (κ3) is 5.15. The number of sulfonamides is 1. The van der Waals surface area contributed by atoms with E-state index in [1.165, 1.54) is 55.0 Å². The summed E-state index contributed by atoms with van der Waals surface area (Å²) in [6.07, 6.45) is 6.79. The van der Waals surface area contributed by atoms with E-state index in [0.717, 1.165) is 6.08 Å². The smallest absolute Gasteiger partial charge is 0.328 e. The molecule has 3 aromatic rings. The van der Waals surface area contributed by atoms with Crippen molar-refractivity contribution in [3.63, 3.8) is 0 Å². The van der Waals surface area contributed by atoms with Crippen molar-refractivity contribution in [3.8, 4) is 11.6 Å². The number of benzene rings is 2. The van der Waals surface area contributed by atoms with Crippen LogP contribution in [0.1, 0.15) is 5.56 Å². The number of nitrogens with one attached hydrogen (secondary N) is 1. The highest BCUT2D eigenvalue weighted by Gasteiger charge is 2.14. The van der Waals surface area contributed by atoms with Crippen molar-refractivity contribution in [1.82, 2.24) is 9.97 Å². The molecule has 0 unspecified atom stereocenters. The van der Waals surface area contributed by atoms with Gasteiger partial charge in [-0.05, 0) is 35.9 Å². The monoisotopic (exact) mass is 397 g/mol. The van der Waals surface area contributed by atoms with Crippen molar-refractivity contribution >= 4 is 27.8 Å². The second-order valence-corrected chi connectivity index (χ2v) is 7.20. The first-order valence-corrected chi connectivity index (χ1v) is 9.48. The summed E-state index contributed by atoms with van der Waals surface area (Å²) in [6.45, 7) is 0. The Bertz CT molecular complexity index is 1100. The normalized spacial score (nSPS) is 11.3. The molecule has 8 nitrogen and oxygen atoms in total. The molecule has 0 amide bonds. The number of nitrogens with zero attached hydrogens (tertiary/aromatic N) is 2. The SMILES string of the molecule is O=C(O)/C=C/c1ccc(S(=O)(=O)Nc2cccc(Oc3cnccn3)c2)cc1. The summed E-state index contributed by atoms with van der Waals surface area (Å²) in [5.41, 5.74) is 0.886. The lowest BCUT2D eigenvalue weighted by Gasteiger charge is -2.10. The molecule has 142 valence electrons. The van der Waals surface area contributed by atoms with E-state index in [2.05, 4.69) is 14.7 Å². The third-order valence-electron chi connectivity index (χ3n) is 3.46. The Morgan fingerprint density at radius 2 is 1.89 bits per heavy atom. The summed E-state index contributed by atoms with van der Waals surface area (Å²) < 4.78 is 33.1. The lowest BCUT2D eigenvalue weighted by atomic mass is 10.2. The maximum atomic E-state index is 12.6. The van der Waals surface area contributed by atoms with Gasteiger partial charge in [0, 0.05) is 24.5 Å². The highest BCUT2D eigenvalue weighted by atomic mass is 32.2. The Balaban J connectivity index is 1.75. The van der Waals surface area contributed by atoms with Gasteiger partial charge in [0.15, 0.2) is 0 Å². The fourth-order valence-electron chi connectivity index (χ4n) is 2.22. The van der Waals surface area contributed by atoms with Gasteiger partial charge in [0.25, 0.3) is 10.0 Å². The standard InChI is InChI=1S/C19H15N3O5S/c23-19(24)9-6-14-4-7-17(8-5-14)28(25,26)22-15-2-1-3-16(12-15)27-18-13-20-10-11-21-18/h1-13,22H,(H,23,24)/b9-6+. The van der Waals surface area contributed by atoms with Crippen LogP contribution in [-0.4, -0.2) is 29.5 Å². The van der Waals surface area contributed by atoms with E-state index in [1.807, 2.05) is 0 Å². The van der Waals surface area contributed by atoms with Crippen molar-refractivity contribution in [2.24, 2.45) is 0 Å². The van der Waals surface area contributed by atoms with Crippen LogP contribution in [0.3, 0.4) is 0 Å². The first-order chi connectivity index (χ1) is 13.4. The second kappa shape index (κ2) is 8.31. The molecule has 0 radical (unpaired) electrons. The van der Waals surface area contributed by atoms with Crippen LogP contribution in [0.25, 0.3) is 6.08 Å². The minimum atomic E-state index is -3.82. The Morgan fingerprint density at radius 3 is 2.57 bits per heavy atom. The van der Waals surface area contributed by atoms with Gasteiger partial charge >= 0.3 is 5.97 Å². The Labute approximate surface area is 161 Å². The molecule has 0 saturated carbocycles. The average Bonchev–Trinajstić information content (AvgIpc) is 2.67. The zero-order chi connectivity index (χ0) is 20.0.